The largest absolute Gasteiger partial charge is 0.337 e. The standard InChI is InChI=1S/C13H14ClN3O/c14-10-4-1-3-9(7-10)8-11-16-12(18-17-11)13(15)5-2-6-13/h1,3-4,7H,2,5-6,8,15H2. The molecule has 0 radical (unpaired) electrons. The normalized spacial score (nSPS) is 17.4. The van der Waals surface area contributed by atoms with Crippen LogP contribution < -0.4 is 5.73 Å². The molecule has 1 heterocycles. The lowest BCUT2D eigenvalue weighted by Crippen LogP contribution is -2.43. The first-order chi connectivity index (χ1) is 8.66. The minimum atomic E-state index is -0.389. The van der Waals surface area contributed by atoms with Crippen molar-refractivity contribution in [2.45, 2.75) is 31.2 Å². The monoisotopic (exact) mass is 263 g/mol. The van der Waals surface area contributed by atoms with E-state index in [1.807, 2.05) is 24.3 Å². The predicted molar refractivity (Wildman–Crippen MR) is 68.3 cm³/mol. The molecule has 3 rings (SSSR count). The average molecular weight is 264 g/mol. The number of nitrogens with two attached hydrogens (primary N) is 1. The van der Waals surface area contributed by atoms with Crippen LogP contribution in [-0.4, -0.2) is 10.1 Å². The molecule has 0 saturated heterocycles. The second-order valence-electron chi connectivity index (χ2n) is 4.83. The van der Waals surface area contributed by atoms with Crippen LogP contribution in [0.2, 0.25) is 5.02 Å². The van der Waals surface area contributed by atoms with Crippen LogP contribution in [0.4, 0.5) is 0 Å². The van der Waals surface area contributed by atoms with Gasteiger partial charge in [-0.15, -0.1) is 0 Å². The van der Waals surface area contributed by atoms with Gasteiger partial charge in [-0.1, -0.05) is 28.9 Å². The summed E-state index contributed by atoms with van der Waals surface area (Å²) in [5.41, 5.74) is 6.81. The minimum absolute atomic E-state index is 0.389. The second-order valence-corrected chi connectivity index (χ2v) is 5.27. The van der Waals surface area contributed by atoms with E-state index in [2.05, 4.69) is 10.1 Å². The molecule has 0 spiro atoms. The molecular weight excluding hydrogens is 250 g/mol. The lowest BCUT2D eigenvalue weighted by atomic mass is 9.78. The van der Waals surface area contributed by atoms with Crippen LogP contribution >= 0.6 is 11.6 Å². The van der Waals surface area contributed by atoms with E-state index < -0.39 is 0 Å². The first-order valence-corrected chi connectivity index (χ1v) is 6.40. The number of aromatic nitrogens is 2. The fourth-order valence-electron chi connectivity index (χ4n) is 2.13. The smallest absolute Gasteiger partial charge is 0.246 e. The van der Waals surface area contributed by atoms with Crippen LogP contribution in [0.1, 0.15) is 36.5 Å². The van der Waals surface area contributed by atoms with Crippen molar-refractivity contribution in [3.63, 3.8) is 0 Å². The Balaban J connectivity index is 1.78. The van der Waals surface area contributed by atoms with Gasteiger partial charge in [0, 0.05) is 11.4 Å². The number of nitrogens with zero attached hydrogens (tertiary/aromatic N) is 2. The molecule has 4 nitrogen and oxygen atoms in total. The van der Waals surface area contributed by atoms with Gasteiger partial charge >= 0.3 is 0 Å². The van der Waals surface area contributed by atoms with E-state index in [4.69, 9.17) is 21.9 Å². The Morgan fingerprint density at radius 3 is 2.89 bits per heavy atom. The van der Waals surface area contributed by atoms with Gasteiger partial charge in [0.1, 0.15) is 0 Å². The molecule has 1 saturated carbocycles. The van der Waals surface area contributed by atoms with Gasteiger partial charge in [-0.3, -0.25) is 0 Å². The van der Waals surface area contributed by atoms with Gasteiger partial charge in [-0.2, -0.15) is 4.98 Å². The van der Waals surface area contributed by atoms with Crippen LogP contribution in [-0.2, 0) is 12.0 Å². The minimum Gasteiger partial charge on any atom is -0.337 e. The summed E-state index contributed by atoms with van der Waals surface area (Å²) in [6.07, 6.45) is 3.58. The highest BCUT2D eigenvalue weighted by Gasteiger charge is 2.39. The third kappa shape index (κ3) is 2.13. The van der Waals surface area contributed by atoms with Crippen molar-refractivity contribution in [1.82, 2.24) is 10.1 Å². The molecule has 0 unspecified atom stereocenters. The number of rotatable bonds is 3. The van der Waals surface area contributed by atoms with Crippen molar-refractivity contribution in [1.29, 1.82) is 0 Å². The first kappa shape index (κ1) is 11.7. The zero-order valence-electron chi connectivity index (χ0n) is 9.90. The molecule has 18 heavy (non-hydrogen) atoms. The van der Waals surface area contributed by atoms with E-state index in [-0.39, 0.29) is 5.54 Å². The molecule has 1 aliphatic rings. The molecule has 1 aromatic heterocycles. The number of hydrogen-bond donors (Lipinski definition) is 1. The summed E-state index contributed by atoms with van der Waals surface area (Å²) in [6, 6.07) is 7.65. The summed E-state index contributed by atoms with van der Waals surface area (Å²) >= 11 is 5.94. The van der Waals surface area contributed by atoms with E-state index >= 15 is 0 Å². The van der Waals surface area contributed by atoms with Crippen molar-refractivity contribution in [3.05, 3.63) is 46.6 Å². The van der Waals surface area contributed by atoms with Crippen LogP contribution in [0, 0.1) is 0 Å². The Morgan fingerprint density at radius 1 is 1.39 bits per heavy atom. The number of hydrogen-bond acceptors (Lipinski definition) is 4. The van der Waals surface area contributed by atoms with Crippen LogP contribution in [0.3, 0.4) is 0 Å². The summed E-state index contributed by atoms with van der Waals surface area (Å²) in [5, 5.41) is 4.69. The Kier molecular flexibility index (Phi) is 2.84. The van der Waals surface area contributed by atoms with E-state index in [0.717, 1.165) is 24.8 Å². The van der Waals surface area contributed by atoms with Gasteiger partial charge < -0.3 is 10.3 Å². The van der Waals surface area contributed by atoms with Gasteiger partial charge in [0.05, 0.1) is 5.54 Å². The molecule has 0 aliphatic heterocycles. The van der Waals surface area contributed by atoms with E-state index in [1.165, 1.54) is 0 Å². The van der Waals surface area contributed by atoms with Gasteiger partial charge in [0.2, 0.25) is 5.89 Å². The van der Waals surface area contributed by atoms with E-state index in [9.17, 15) is 0 Å². The zero-order chi connectivity index (χ0) is 12.6. The zero-order valence-corrected chi connectivity index (χ0v) is 10.7. The molecule has 94 valence electrons. The fourth-order valence-corrected chi connectivity index (χ4v) is 2.34. The summed E-state index contributed by atoms with van der Waals surface area (Å²) in [5.74, 6) is 1.22. The Labute approximate surface area is 110 Å². The molecule has 1 aliphatic carbocycles. The Bertz CT molecular complexity index is 563. The maximum absolute atomic E-state index is 6.14. The second kappa shape index (κ2) is 4.37. The molecule has 1 fully saturated rings. The molecule has 5 heteroatoms. The molecule has 0 bridgehead atoms. The van der Waals surface area contributed by atoms with Gasteiger partial charge in [0.25, 0.3) is 0 Å². The highest BCUT2D eigenvalue weighted by Crippen LogP contribution is 2.37. The molecule has 1 aromatic carbocycles. The fraction of sp³-hybridized carbons (Fsp3) is 0.385. The molecule has 0 amide bonds. The molecule has 2 aromatic rings. The molecule has 2 N–H and O–H groups in total. The van der Waals surface area contributed by atoms with Crippen molar-refractivity contribution < 1.29 is 4.52 Å². The summed E-state index contributed by atoms with van der Waals surface area (Å²) in [6.45, 7) is 0. The first-order valence-electron chi connectivity index (χ1n) is 6.02. The SMILES string of the molecule is NC1(c2nc(Cc3cccc(Cl)c3)no2)CCC1. The highest BCUT2D eigenvalue weighted by atomic mass is 35.5. The van der Waals surface area contributed by atoms with Crippen molar-refractivity contribution in [3.8, 4) is 0 Å². The van der Waals surface area contributed by atoms with Gasteiger partial charge in [-0.25, -0.2) is 0 Å². The van der Waals surface area contributed by atoms with Crippen molar-refractivity contribution >= 4 is 11.6 Å². The number of halogens is 1. The van der Waals surface area contributed by atoms with Gasteiger partial charge in [0.15, 0.2) is 5.82 Å². The summed E-state index contributed by atoms with van der Waals surface area (Å²) in [4.78, 5) is 4.38. The lowest BCUT2D eigenvalue weighted by Gasteiger charge is -2.33. The van der Waals surface area contributed by atoms with E-state index in [0.29, 0.717) is 23.2 Å². The maximum atomic E-state index is 6.14. The average Bonchev–Trinajstić information content (AvgIpc) is 2.75. The quantitative estimate of drug-likeness (QED) is 0.925. The summed E-state index contributed by atoms with van der Waals surface area (Å²) < 4.78 is 5.25. The van der Waals surface area contributed by atoms with Crippen molar-refractivity contribution in [2.75, 3.05) is 0 Å². The number of benzene rings is 1. The van der Waals surface area contributed by atoms with Crippen molar-refractivity contribution in [2.24, 2.45) is 5.73 Å². The topological polar surface area (TPSA) is 64.9 Å². The molecule has 0 atom stereocenters. The van der Waals surface area contributed by atoms with Crippen LogP contribution in [0.25, 0.3) is 0 Å². The third-order valence-corrected chi connectivity index (χ3v) is 3.63. The summed E-state index contributed by atoms with van der Waals surface area (Å²) in [7, 11) is 0. The predicted octanol–water partition coefficient (Wildman–Crippen LogP) is 2.65. The highest BCUT2D eigenvalue weighted by molar-refractivity contribution is 6.30. The maximum Gasteiger partial charge on any atom is 0.246 e. The van der Waals surface area contributed by atoms with Gasteiger partial charge in [-0.05, 0) is 37.0 Å². The Hall–Kier alpha value is -1.39. The Morgan fingerprint density at radius 2 is 2.22 bits per heavy atom. The van der Waals surface area contributed by atoms with E-state index in [1.54, 1.807) is 0 Å². The third-order valence-electron chi connectivity index (χ3n) is 3.39. The van der Waals surface area contributed by atoms with Crippen LogP contribution in [0.15, 0.2) is 28.8 Å². The molecular formula is C13H14ClN3O. The van der Waals surface area contributed by atoms with Crippen LogP contribution in [0.5, 0.6) is 0 Å². The lowest BCUT2D eigenvalue weighted by molar-refractivity contribution is 0.181.